The fourth-order valence-electron chi connectivity index (χ4n) is 2.11. The fraction of sp³-hybridized carbons (Fsp3) is 1.00. The van der Waals surface area contributed by atoms with Crippen molar-refractivity contribution in [1.29, 1.82) is 0 Å². The summed E-state index contributed by atoms with van der Waals surface area (Å²) >= 11 is 0. The summed E-state index contributed by atoms with van der Waals surface area (Å²) in [6.45, 7) is 4.37. The number of hydrogen-bond donors (Lipinski definition) is 0. The van der Waals surface area contributed by atoms with E-state index in [1.54, 1.807) is 0 Å². The zero-order valence-corrected chi connectivity index (χ0v) is 9.28. The molecule has 2 heteroatoms. The average molecular weight is 188 g/mol. The van der Waals surface area contributed by atoms with Crippen LogP contribution in [0.3, 0.4) is 0 Å². The lowest BCUT2D eigenvalue weighted by molar-refractivity contribution is 0.564. The van der Waals surface area contributed by atoms with Crippen LogP contribution in [0.25, 0.3) is 0 Å². The van der Waals surface area contributed by atoms with E-state index in [1.807, 2.05) is 0 Å². The molecule has 0 aromatic rings. The molecule has 0 unspecified atom stereocenters. The highest BCUT2D eigenvalue weighted by molar-refractivity contribution is 7.63. The van der Waals surface area contributed by atoms with Gasteiger partial charge in [0, 0.05) is 18.5 Å². The third-order valence-corrected chi connectivity index (χ3v) is 6.24. The van der Waals surface area contributed by atoms with E-state index >= 15 is 0 Å². The molecule has 12 heavy (non-hydrogen) atoms. The van der Waals surface area contributed by atoms with Crippen LogP contribution in [0.15, 0.2) is 0 Å². The Morgan fingerprint density at radius 1 is 1.08 bits per heavy atom. The van der Waals surface area contributed by atoms with Gasteiger partial charge in [-0.3, -0.25) is 0 Å². The Balaban J connectivity index is 2.49. The lowest BCUT2D eigenvalue weighted by Gasteiger charge is -2.17. The van der Waals surface area contributed by atoms with E-state index in [0.29, 0.717) is 5.92 Å². The van der Waals surface area contributed by atoms with Gasteiger partial charge in [0.15, 0.2) is 0 Å². The van der Waals surface area contributed by atoms with Gasteiger partial charge in [0.1, 0.15) is 0 Å². The minimum absolute atomic E-state index is 0.619. The summed E-state index contributed by atoms with van der Waals surface area (Å²) in [5.74, 6) is 0.619. The molecule has 0 aromatic heterocycles. The first kappa shape index (κ1) is 10.3. The van der Waals surface area contributed by atoms with Crippen molar-refractivity contribution in [3.63, 3.8) is 0 Å². The van der Waals surface area contributed by atoms with Crippen molar-refractivity contribution in [1.82, 2.24) is 0 Å². The van der Waals surface area contributed by atoms with Gasteiger partial charge in [0.05, 0.1) is 7.14 Å². The maximum absolute atomic E-state index is 12.3. The Bertz CT molecular complexity index is 163. The van der Waals surface area contributed by atoms with Gasteiger partial charge in [-0.25, -0.2) is 0 Å². The molecule has 0 saturated carbocycles. The molecular formula is C10H21OP. The van der Waals surface area contributed by atoms with Crippen molar-refractivity contribution in [2.45, 2.75) is 39.5 Å². The SMILES string of the molecule is CC(C)CP1(=O)CCCCCC1. The zero-order valence-electron chi connectivity index (χ0n) is 8.38. The predicted molar refractivity (Wildman–Crippen MR) is 55.5 cm³/mol. The molecule has 0 amide bonds. The predicted octanol–water partition coefficient (Wildman–Crippen LogP) is 3.58. The van der Waals surface area contributed by atoms with E-state index in [1.165, 1.54) is 25.7 Å². The smallest absolute Gasteiger partial charge is 0.0880 e. The van der Waals surface area contributed by atoms with Crippen LogP contribution in [0.1, 0.15) is 39.5 Å². The van der Waals surface area contributed by atoms with E-state index < -0.39 is 7.14 Å². The van der Waals surface area contributed by atoms with Crippen LogP contribution in [0.5, 0.6) is 0 Å². The minimum Gasteiger partial charge on any atom is -0.324 e. The van der Waals surface area contributed by atoms with Crippen LogP contribution in [0, 0.1) is 5.92 Å². The van der Waals surface area contributed by atoms with Crippen LogP contribution in [0.4, 0.5) is 0 Å². The first-order valence-corrected chi connectivity index (χ1v) is 7.46. The van der Waals surface area contributed by atoms with Crippen LogP contribution < -0.4 is 0 Å². The molecule has 0 atom stereocenters. The quantitative estimate of drug-likeness (QED) is 0.605. The summed E-state index contributed by atoms with van der Waals surface area (Å²) in [5.41, 5.74) is 0. The molecule has 1 saturated heterocycles. The summed E-state index contributed by atoms with van der Waals surface area (Å²) in [6.07, 6.45) is 8.10. The zero-order chi connectivity index (χ0) is 9.03. The first-order chi connectivity index (χ1) is 5.62. The van der Waals surface area contributed by atoms with Crippen molar-refractivity contribution in [3.05, 3.63) is 0 Å². The van der Waals surface area contributed by atoms with Crippen LogP contribution in [0.2, 0.25) is 0 Å². The van der Waals surface area contributed by atoms with Gasteiger partial charge in [-0.2, -0.15) is 0 Å². The van der Waals surface area contributed by atoms with E-state index in [4.69, 9.17) is 0 Å². The van der Waals surface area contributed by atoms with Gasteiger partial charge >= 0.3 is 0 Å². The lowest BCUT2D eigenvalue weighted by atomic mass is 10.2. The van der Waals surface area contributed by atoms with Crippen molar-refractivity contribution in [2.24, 2.45) is 5.92 Å². The molecule has 1 nitrogen and oxygen atoms in total. The van der Waals surface area contributed by atoms with Gasteiger partial charge in [-0.05, 0) is 18.8 Å². The lowest BCUT2D eigenvalue weighted by Crippen LogP contribution is -2.03. The highest BCUT2D eigenvalue weighted by Gasteiger charge is 2.24. The van der Waals surface area contributed by atoms with Crippen LogP contribution in [-0.2, 0) is 4.57 Å². The van der Waals surface area contributed by atoms with Crippen molar-refractivity contribution in [3.8, 4) is 0 Å². The molecule has 1 fully saturated rings. The largest absolute Gasteiger partial charge is 0.324 e. The molecule has 1 rings (SSSR count). The van der Waals surface area contributed by atoms with Gasteiger partial charge in [0.2, 0.25) is 0 Å². The molecule has 1 aliphatic rings. The Hall–Kier alpha value is 0.230. The highest BCUT2D eigenvalue weighted by Crippen LogP contribution is 2.50. The third kappa shape index (κ3) is 3.31. The summed E-state index contributed by atoms with van der Waals surface area (Å²) < 4.78 is 12.3. The fourth-order valence-corrected chi connectivity index (χ4v) is 5.63. The second-order valence-electron chi connectivity index (χ2n) is 4.50. The third-order valence-electron chi connectivity index (χ3n) is 2.58. The Morgan fingerprint density at radius 3 is 2.00 bits per heavy atom. The highest BCUT2D eigenvalue weighted by atomic mass is 31.2. The Morgan fingerprint density at radius 2 is 1.58 bits per heavy atom. The topological polar surface area (TPSA) is 17.1 Å². The summed E-state index contributed by atoms with van der Waals surface area (Å²) in [6, 6.07) is 0. The van der Waals surface area contributed by atoms with E-state index in [-0.39, 0.29) is 0 Å². The number of hydrogen-bond acceptors (Lipinski definition) is 1. The maximum atomic E-state index is 12.3. The molecule has 0 N–H and O–H groups in total. The summed E-state index contributed by atoms with van der Waals surface area (Å²) in [5, 5.41) is 0. The summed E-state index contributed by atoms with van der Waals surface area (Å²) in [7, 11) is -1.71. The molecular weight excluding hydrogens is 167 g/mol. The second-order valence-corrected chi connectivity index (χ2v) is 7.87. The van der Waals surface area contributed by atoms with Gasteiger partial charge in [-0.1, -0.05) is 26.7 Å². The number of rotatable bonds is 2. The molecule has 1 heterocycles. The Labute approximate surface area is 76.3 Å². The summed E-state index contributed by atoms with van der Waals surface area (Å²) in [4.78, 5) is 0. The molecule has 0 aromatic carbocycles. The van der Waals surface area contributed by atoms with Gasteiger partial charge < -0.3 is 4.57 Å². The van der Waals surface area contributed by atoms with Crippen LogP contribution >= 0.6 is 7.14 Å². The van der Waals surface area contributed by atoms with E-state index in [9.17, 15) is 4.57 Å². The minimum atomic E-state index is -1.71. The van der Waals surface area contributed by atoms with Crippen molar-refractivity contribution in [2.75, 3.05) is 18.5 Å². The van der Waals surface area contributed by atoms with Gasteiger partial charge in [0.25, 0.3) is 0 Å². The van der Waals surface area contributed by atoms with Crippen molar-refractivity contribution < 1.29 is 4.57 Å². The molecule has 0 bridgehead atoms. The van der Waals surface area contributed by atoms with Crippen molar-refractivity contribution >= 4 is 7.14 Å². The molecule has 1 aliphatic heterocycles. The maximum Gasteiger partial charge on any atom is 0.0880 e. The van der Waals surface area contributed by atoms with E-state index in [2.05, 4.69) is 13.8 Å². The average Bonchev–Trinajstić information content (AvgIpc) is 2.12. The van der Waals surface area contributed by atoms with Gasteiger partial charge in [-0.15, -0.1) is 0 Å². The standard InChI is InChI=1S/C10H21OP/c1-10(2)9-12(11)7-5-3-4-6-8-12/h10H,3-9H2,1-2H3. The Kier molecular flexibility index (Phi) is 3.83. The molecule has 0 spiro atoms. The normalized spacial score (nSPS) is 23.9. The first-order valence-electron chi connectivity index (χ1n) is 5.19. The molecule has 0 aliphatic carbocycles. The van der Waals surface area contributed by atoms with Crippen LogP contribution in [-0.4, -0.2) is 18.5 Å². The molecule has 72 valence electrons. The monoisotopic (exact) mass is 188 g/mol. The van der Waals surface area contributed by atoms with E-state index in [0.717, 1.165) is 18.5 Å². The second kappa shape index (κ2) is 4.46. The molecule has 0 radical (unpaired) electrons.